The number of benzene rings is 1. The molecule has 2 fully saturated rings. The Balaban J connectivity index is 1.28. The number of carbonyl (C=O) groups excluding carboxylic acids is 1. The SMILES string of the molecule is CCc1nc2ccc(C(C)N3CCN(c4ccc(C(=O)NC5CC5(F)F)nc4C#N)CC3)c(F)c2[nH]c1=O. The van der Waals surface area contributed by atoms with Gasteiger partial charge in [-0.3, -0.25) is 14.5 Å². The third-order valence-corrected chi connectivity index (χ3v) is 7.24. The number of nitrogens with one attached hydrogen (secondary N) is 2. The number of nitrogens with zero attached hydrogens (tertiary/aromatic N) is 5. The molecule has 2 N–H and O–H groups in total. The highest BCUT2D eigenvalue weighted by atomic mass is 19.3. The maximum atomic E-state index is 15.4. The average molecular weight is 526 g/mol. The van der Waals surface area contributed by atoms with Crippen molar-refractivity contribution in [1.29, 1.82) is 5.26 Å². The Morgan fingerprint density at radius 1 is 1.24 bits per heavy atom. The number of alkyl halides is 2. The van der Waals surface area contributed by atoms with Gasteiger partial charge < -0.3 is 15.2 Å². The van der Waals surface area contributed by atoms with E-state index in [1.54, 1.807) is 18.2 Å². The zero-order valence-electron chi connectivity index (χ0n) is 20.9. The summed E-state index contributed by atoms with van der Waals surface area (Å²) in [5, 5.41) is 11.9. The minimum absolute atomic E-state index is 0.0326. The molecule has 2 aromatic heterocycles. The zero-order valence-corrected chi connectivity index (χ0v) is 20.9. The second-order valence-corrected chi connectivity index (χ2v) is 9.60. The summed E-state index contributed by atoms with van der Waals surface area (Å²) >= 11 is 0. The predicted molar refractivity (Wildman–Crippen MR) is 134 cm³/mol. The number of halogens is 3. The highest BCUT2D eigenvalue weighted by Gasteiger charge is 2.58. The number of anilines is 1. The molecule has 3 aromatic rings. The average Bonchev–Trinajstić information content (AvgIpc) is 3.53. The molecule has 12 heteroatoms. The number of fused-ring (bicyclic) bond motifs is 1. The van der Waals surface area contributed by atoms with Crippen molar-refractivity contribution in [3.8, 4) is 6.07 Å². The van der Waals surface area contributed by atoms with E-state index in [0.717, 1.165) is 0 Å². The summed E-state index contributed by atoms with van der Waals surface area (Å²) < 4.78 is 41.6. The van der Waals surface area contributed by atoms with Crippen molar-refractivity contribution in [3.05, 3.63) is 63.1 Å². The Hall–Kier alpha value is -3.98. The molecule has 0 bridgehead atoms. The van der Waals surface area contributed by atoms with Crippen LogP contribution < -0.4 is 15.8 Å². The Morgan fingerprint density at radius 2 is 1.95 bits per heavy atom. The van der Waals surface area contributed by atoms with Crippen molar-refractivity contribution in [3.63, 3.8) is 0 Å². The van der Waals surface area contributed by atoms with Crippen molar-refractivity contribution in [2.75, 3.05) is 31.1 Å². The second-order valence-electron chi connectivity index (χ2n) is 9.60. The van der Waals surface area contributed by atoms with Gasteiger partial charge in [-0.05, 0) is 31.5 Å². The third kappa shape index (κ3) is 4.69. The fourth-order valence-electron chi connectivity index (χ4n) is 4.80. The molecule has 1 aromatic carbocycles. The van der Waals surface area contributed by atoms with E-state index in [2.05, 4.69) is 25.2 Å². The topological polar surface area (TPSA) is 118 Å². The van der Waals surface area contributed by atoms with Crippen LogP contribution in [-0.2, 0) is 6.42 Å². The van der Waals surface area contributed by atoms with Crippen molar-refractivity contribution in [2.24, 2.45) is 0 Å². The van der Waals surface area contributed by atoms with Gasteiger partial charge in [-0.25, -0.2) is 23.1 Å². The number of aromatic nitrogens is 3. The molecule has 1 amide bonds. The van der Waals surface area contributed by atoms with Gasteiger partial charge in [-0.1, -0.05) is 13.0 Å². The van der Waals surface area contributed by atoms with E-state index in [4.69, 9.17) is 0 Å². The molecule has 2 unspecified atom stereocenters. The molecule has 1 saturated carbocycles. The van der Waals surface area contributed by atoms with Gasteiger partial charge in [0, 0.05) is 44.2 Å². The van der Waals surface area contributed by atoms with Gasteiger partial charge in [-0.15, -0.1) is 0 Å². The minimum atomic E-state index is -2.90. The summed E-state index contributed by atoms with van der Waals surface area (Å²) in [4.78, 5) is 39.5. The van der Waals surface area contributed by atoms with E-state index in [9.17, 15) is 23.6 Å². The second kappa shape index (κ2) is 9.72. The lowest BCUT2D eigenvalue weighted by Crippen LogP contribution is -2.47. The molecule has 0 spiro atoms. The van der Waals surface area contributed by atoms with E-state index in [1.165, 1.54) is 6.07 Å². The first-order valence-corrected chi connectivity index (χ1v) is 12.4. The Labute approximate surface area is 216 Å². The van der Waals surface area contributed by atoms with E-state index in [1.807, 2.05) is 24.8 Å². The molecule has 1 aliphatic heterocycles. The number of hydrogen-bond acceptors (Lipinski definition) is 7. The largest absolute Gasteiger partial charge is 0.367 e. The maximum Gasteiger partial charge on any atom is 0.270 e. The standard InChI is InChI=1S/C26H26F3N7O2/c1-3-16-24(37)34-23-17(31-16)5-4-15(22(23)27)14(2)35-8-10-36(11-9-35)20-7-6-18(32-19(20)13-30)25(38)33-21-12-26(21,28)29/h4-7,14,21H,3,8-12H2,1-2H3,(H,33,38)(H,34,37). The van der Waals surface area contributed by atoms with Crippen LogP contribution in [0.1, 0.15) is 53.7 Å². The molecule has 3 heterocycles. The number of nitriles is 1. The van der Waals surface area contributed by atoms with Crippen LogP contribution in [-0.4, -0.2) is 63.9 Å². The van der Waals surface area contributed by atoms with Crippen molar-refractivity contribution in [2.45, 2.75) is 44.7 Å². The molecule has 9 nitrogen and oxygen atoms in total. The van der Waals surface area contributed by atoms with Crippen LogP contribution in [0.25, 0.3) is 11.0 Å². The maximum absolute atomic E-state index is 15.4. The summed E-state index contributed by atoms with van der Waals surface area (Å²) in [5.41, 5.74) is 1.39. The molecule has 198 valence electrons. The monoisotopic (exact) mass is 525 g/mol. The number of carbonyl (C=O) groups is 1. The van der Waals surface area contributed by atoms with Gasteiger partial charge in [0.05, 0.1) is 17.2 Å². The molecule has 1 aliphatic carbocycles. The van der Waals surface area contributed by atoms with Crippen LogP contribution in [0.15, 0.2) is 29.1 Å². The number of rotatable bonds is 6. The normalized spacial score (nSPS) is 19.7. The lowest BCUT2D eigenvalue weighted by molar-refractivity contribution is 0.0845. The smallest absolute Gasteiger partial charge is 0.270 e. The summed E-state index contributed by atoms with van der Waals surface area (Å²) in [6.45, 7) is 5.88. The summed E-state index contributed by atoms with van der Waals surface area (Å²) in [6.07, 6.45) is 0.0516. The lowest BCUT2D eigenvalue weighted by Gasteiger charge is -2.39. The van der Waals surface area contributed by atoms with Gasteiger partial charge >= 0.3 is 0 Å². The van der Waals surface area contributed by atoms with Gasteiger partial charge in [0.25, 0.3) is 17.4 Å². The van der Waals surface area contributed by atoms with Crippen molar-refractivity contribution >= 4 is 22.6 Å². The lowest BCUT2D eigenvalue weighted by atomic mass is 10.0. The molecular formula is C26H26F3N7O2. The Kier molecular flexibility index (Phi) is 6.56. The fraction of sp³-hybridized carbons (Fsp3) is 0.423. The van der Waals surface area contributed by atoms with Gasteiger partial charge in [0.15, 0.2) is 11.5 Å². The van der Waals surface area contributed by atoms with E-state index in [0.29, 0.717) is 55.1 Å². The highest BCUT2D eigenvalue weighted by molar-refractivity contribution is 5.93. The van der Waals surface area contributed by atoms with Crippen LogP contribution in [0.4, 0.5) is 18.9 Å². The first-order chi connectivity index (χ1) is 18.1. The van der Waals surface area contributed by atoms with Crippen molar-refractivity contribution in [1.82, 2.24) is 25.2 Å². The number of hydrogen-bond donors (Lipinski definition) is 2. The van der Waals surface area contributed by atoms with Crippen LogP contribution in [0.2, 0.25) is 0 Å². The number of H-pyrrole nitrogens is 1. The van der Waals surface area contributed by atoms with E-state index >= 15 is 4.39 Å². The summed E-state index contributed by atoms with van der Waals surface area (Å²) in [7, 11) is 0. The zero-order chi connectivity index (χ0) is 27.2. The molecule has 5 rings (SSSR count). The number of piperazine rings is 1. The van der Waals surface area contributed by atoms with Crippen LogP contribution >= 0.6 is 0 Å². The van der Waals surface area contributed by atoms with Gasteiger partial charge in [0.2, 0.25) is 0 Å². The number of aromatic amines is 1. The van der Waals surface area contributed by atoms with Crippen LogP contribution in [0, 0.1) is 17.1 Å². The number of aryl methyl sites for hydroxylation is 1. The molecule has 38 heavy (non-hydrogen) atoms. The Bertz CT molecular complexity index is 1510. The first kappa shape index (κ1) is 25.7. The van der Waals surface area contributed by atoms with E-state index < -0.39 is 35.7 Å². The van der Waals surface area contributed by atoms with Gasteiger partial charge in [-0.2, -0.15) is 5.26 Å². The van der Waals surface area contributed by atoms with Crippen LogP contribution in [0.3, 0.4) is 0 Å². The first-order valence-electron chi connectivity index (χ1n) is 12.4. The molecule has 0 radical (unpaired) electrons. The predicted octanol–water partition coefficient (Wildman–Crippen LogP) is 2.91. The Morgan fingerprint density at radius 3 is 2.58 bits per heavy atom. The highest BCUT2D eigenvalue weighted by Crippen LogP contribution is 2.41. The quantitative estimate of drug-likeness (QED) is 0.508. The number of amides is 1. The molecule has 1 saturated heterocycles. The van der Waals surface area contributed by atoms with Crippen LogP contribution in [0.5, 0.6) is 0 Å². The summed E-state index contributed by atoms with van der Waals surface area (Å²) in [5.74, 6) is -4.14. The molecule has 2 aliphatic rings. The fourth-order valence-corrected chi connectivity index (χ4v) is 4.80. The summed E-state index contributed by atoms with van der Waals surface area (Å²) in [6, 6.07) is 6.93. The molecular weight excluding hydrogens is 499 g/mol. The third-order valence-electron chi connectivity index (χ3n) is 7.24. The molecule has 2 atom stereocenters. The van der Waals surface area contributed by atoms with E-state index in [-0.39, 0.29) is 22.9 Å². The van der Waals surface area contributed by atoms with Gasteiger partial charge in [0.1, 0.15) is 23.0 Å². The minimum Gasteiger partial charge on any atom is -0.367 e. The number of pyridine rings is 1. The van der Waals surface area contributed by atoms with Crippen molar-refractivity contribution < 1.29 is 18.0 Å².